The lowest BCUT2D eigenvalue weighted by atomic mass is 10.0. The Balaban J connectivity index is 2.01. The summed E-state index contributed by atoms with van der Waals surface area (Å²) in [7, 11) is 0. The molecule has 0 radical (unpaired) electrons. The topological polar surface area (TPSA) is 44.5 Å². The summed E-state index contributed by atoms with van der Waals surface area (Å²) >= 11 is 8.44. The lowest BCUT2D eigenvalue weighted by Gasteiger charge is -2.22. The van der Waals surface area contributed by atoms with E-state index in [1.807, 2.05) is 18.2 Å². The second-order valence-corrected chi connectivity index (χ2v) is 5.73. The van der Waals surface area contributed by atoms with Gasteiger partial charge >= 0.3 is 0 Å². The van der Waals surface area contributed by atoms with E-state index in [0.29, 0.717) is 17.5 Å². The smallest absolute Gasteiger partial charge is 0.129 e. The molecule has 5 heteroatoms. The molecule has 98 valence electrons. The first-order valence-corrected chi connectivity index (χ1v) is 7.17. The van der Waals surface area contributed by atoms with Crippen molar-refractivity contribution in [2.45, 2.75) is 12.8 Å². The molecule has 1 aromatic carbocycles. The fraction of sp³-hybridized carbons (Fsp3) is 0.462. The number of benzene rings is 1. The zero-order valence-electron chi connectivity index (χ0n) is 10.0. The molecule has 1 aliphatic heterocycles. The molecule has 1 fully saturated rings. The van der Waals surface area contributed by atoms with Crippen LogP contribution in [0.5, 0.6) is 5.75 Å². The van der Waals surface area contributed by atoms with Gasteiger partial charge in [0.05, 0.1) is 12.2 Å². The predicted molar refractivity (Wildman–Crippen MR) is 79.1 cm³/mol. The molecule has 0 spiro atoms. The fourth-order valence-electron chi connectivity index (χ4n) is 1.94. The quantitative estimate of drug-likeness (QED) is 0.862. The maximum absolute atomic E-state index is 5.85. The zero-order chi connectivity index (χ0) is 13.0. The normalized spacial score (nSPS) is 16.5. The second-order valence-electron chi connectivity index (χ2n) is 4.37. The molecule has 0 aromatic heterocycles. The number of halogens is 1. The highest BCUT2D eigenvalue weighted by atomic mass is 79.9. The van der Waals surface area contributed by atoms with Gasteiger partial charge in [-0.15, -0.1) is 0 Å². The summed E-state index contributed by atoms with van der Waals surface area (Å²) in [6, 6.07) is 5.72. The monoisotopic (exact) mass is 329 g/mol. The number of thiocarbonyl (C=S) groups is 1. The molecule has 0 bridgehead atoms. The summed E-state index contributed by atoms with van der Waals surface area (Å²) in [5.41, 5.74) is 6.49. The highest BCUT2D eigenvalue weighted by molar-refractivity contribution is 9.10. The Hall–Kier alpha value is -0.650. The fourth-order valence-corrected chi connectivity index (χ4v) is 2.46. The molecule has 0 aliphatic carbocycles. The van der Waals surface area contributed by atoms with Crippen LogP contribution < -0.4 is 10.5 Å². The molecule has 1 aliphatic rings. The van der Waals surface area contributed by atoms with Crippen molar-refractivity contribution in [2.75, 3.05) is 19.8 Å². The Bertz CT molecular complexity index is 433. The SMILES string of the molecule is NC(=S)c1cc(Br)ccc1OCC1CCOCC1. The van der Waals surface area contributed by atoms with Gasteiger partial charge in [0.15, 0.2) is 0 Å². The third-order valence-corrected chi connectivity index (χ3v) is 3.74. The van der Waals surface area contributed by atoms with Crippen molar-refractivity contribution in [1.29, 1.82) is 0 Å². The van der Waals surface area contributed by atoms with E-state index in [2.05, 4.69) is 15.9 Å². The first-order valence-electron chi connectivity index (χ1n) is 5.96. The number of hydrogen-bond acceptors (Lipinski definition) is 3. The molecule has 1 aromatic rings. The van der Waals surface area contributed by atoms with E-state index in [4.69, 9.17) is 27.4 Å². The minimum absolute atomic E-state index is 0.360. The maximum Gasteiger partial charge on any atom is 0.129 e. The Morgan fingerprint density at radius 3 is 2.83 bits per heavy atom. The summed E-state index contributed by atoms with van der Waals surface area (Å²) in [6.45, 7) is 2.35. The summed E-state index contributed by atoms with van der Waals surface area (Å²) < 4.78 is 12.1. The van der Waals surface area contributed by atoms with Gasteiger partial charge in [-0.1, -0.05) is 28.1 Å². The Kier molecular flexibility index (Phi) is 4.97. The lowest BCUT2D eigenvalue weighted by molar-refractivity contribution is 0.0497. The Morgan fingerprint density at radius 2 is 2.17 bits per heavy atom. The molecule has 18 heavy (non-hydrogen) atoms. The second kappa shape index (κ2) is 6.50. The predicted octanol–water partition coefficient (Wildman–Crippen LogP) is 2.89. The number of rotatable bonds is 4. The molecular formula is C13H16BrNO2S. The third-order valence-electron chi connectivity index (χ3n) is 3.02. The summed E-state index contributed by atoms with van der Waals surface area (Å²) in [6.07, 6.45) is 2.11. The first-order chi connectivity index (χ1) is 8.66. The average Bonchev–Trinajstić information content (AvgIpc) is 2.38. The molecule has 0 unspecified atom stereocenters. The van der Waals surface area contributed by atoms with Gasteiger partial charge < -0.3 is 15.2 Å². The number of nitrogens with two attached hydrogens (primary N) is 1. The van der Waals surface area contributed by atoms with Crippen molar-refractivity contribution in [3.05, 3.63) is 28.2 Å². The average molecular weight is 330 g/mol. The van der Waals surface area contributed by atoms with Crippen molar-refractivity contribution in [3.8, 4) is 5.75 Å². The Morgan fingerprint density at radius 1 is 1.44 bits per heavy atom. The molecule has 0 amide bonds. The van der Waals surface area contributed by atoms with Gasteiger partial charge in [0.1, 0.15) is 10.7 Å². The van der Waals surface area contributed by atoms with E-state index in [-0.39, 0.29) is 0 Å². The number of ether oxygens (including phenoxy) is 2. The van der Waals surface area contributed by atoms with Crippen LogP contribution in [0.1, 0.15) is 18.4 Å². The minimum atomic E-state index is 0.360. The van der Waals surface area contributed by atoms with Crippen LogP contribution in [0.15, 0.2) is 22.7 Å². The van der Waals surface area contributed by atoms with E-state index in [1.165, 1.54) is 0 Å². The molecule has 0 atom stereocenters. The van der Waals surface area contributed by atoms with E-state index < -0.39 is 0 Å². The van der Waals surface area contributed by atoms with Gasteiger partial charge in [0, 0.05) is 17.7 Å². The van der Waals surface area contributed by atoms with Gasteiger partial charge in [-0.2, -0.15) is 0 Å². The highest BCUT2D eigenvalue weighted by Gasteiger charge is 2.15. The van der Waals surface area contributed by atoms with Crippen LogP contribution in [0.2, 0.25) is 0 Å². The van der Waals surface area contributed by atoms with Gasteiger partial charge in [-0.05, 0) is 37.0 Å². The van der Waals surface area contributed by atoms with E-state index in [1.54, 1.807) is 0 Å². The van der Waals surface area contributed by atoms with E-state index in [0.717, 1.165) is 41.8 Å². The van der Waals surface area contributed by atoms with Crippen molar-refractivity contribution in [1.82, 2.24) is 0 Å². The summed E-state index contributed by atoms with van der Waals surface area (Å²) in [5, 5.41) is 0. The molecule has 3 nitrogen and oxygen atoms in total. The van der Waals surface area contributed by atoms with Gasteiger partial charge in [-0.25, -0.2) is 0 Å². The molecule has 0 saturated carbocycles. The van der Waals surface area contributed by atoms with Crippen LogP contribution in [-0.4, -0.2) is 24.8 Å². The van der Waals surface area contributed by atoms with Gasteiger partial charge in [0.2, 0.25) is 0 Å². The van der Waals surface area contributed by atoms with Crippen LogP contribution >= 0.6 is 28.1 Å². The maximum atomic E-state index is 5.85. The first kappa shape index (κ1) is 13.8. The molecular weight excluding hydrogens is 314 g/mol. The molecule has 2 N–H and O–H groups in total. The zero-order valence-corrected chi connectivity index (χ0v) is 12.4. The van der Waals surface area contributed by atoms with E-state index >= 15 is 0 Å². The molecule has 1 saturated heterocycles. The van der Waals surface area contributed by atoms with Crippen LogP contribution in [0, 0.1) is 5.92 Å². The third kappa shape index (κ3) is 3.67. The summed E-state index contributed by atoms with van der Waals surface area (Å²) in [4.78, 5) is 0.360. The lowest BCUT2D eigenvalue weighted by Crippen LogP contribution is -2.22. The van der Waals surface area contributed by atoms with Crippen LogP contribution in [-0.2, 0) is 4.74 Å². The van der Waals surface area contributed by atoms with Crippen LogP contribution in [0.25, 0.3) is 0 Å². The van der Waals surface area contributed by atoms with Crippen molar-refractivity contribution in [2.24, 2.45) is 11.7 Å². The van der Waals surface area contributed by atoms with Crippen molar-refractivity contribution < 1.29 is 9.47 Å². The van der Waals surface area contributed by atoms with Crippen molar-refractivity contribution >= 4 is 33.1 Å². The minimum Gasteiger partial charge on any atom is -0.493 e. The van der Waals surface area contributed by atoms with Crippen LogP contribution in [0.3, 0.4) is 0 Å². The Labute approximate surface area is 121 Å². The van der Waals surface area contributed by atoms with Gasteiger partial charge in [-0.3, -0.25) is 0 Å². The number of hydrogen-bond donors (Lipinski definition) is 1. The molecule has 1 heterocycles. The summed E-state index contributed by atoms with van der Waals surface area (Å²) in [5.74, 6) is 1.32. The standard InChI is InChI=1S/C13H16BrNO2S/c14-10-1-2-12(11(7-10)13(15)18)17-8-9-3-5-16-6-4-9/h1-2,7,9H,3-6,8H2,(H2,15,18). The highest BCUT2D eigenvalue weighted by Crippen LogP contribution is 2.25. The largest absolute Gasteiger partial charge is 0.493 e. The van der Waals surface area contributed by atoms with Crippen LogP contribution in [0.4, 0.5) is 0 Å². The van der Waals surface area contributed by atoms with Gasteiger partial charge in [0.25, 0.3) is 0 Å². The molecule has 2 rings (SSSR count). The van der Waals surface area contributed by atoms with E-state index in [9.17, 15) is 0 Å². The van der Waals surface area contributed by atoms with Crippen molar-refractivity contribution in [3.63, 3.8) is 0 Å².